The Labute approximate surface area is 214 Å². The van der Waals surface area contributed by atoms with E-state index in [0.717, 1.165) is 30.5 Å². The Bertz CT molecular complexity index is 1550. The Morgan fingerprint density at radius 2 is 1.89 bits per heavy atom. The van der Waals surface area contributed by atoms with Gasteiger partial charge in [-0.25, -0.2) is 19.9 Å². The number of carbonyl (C=O) groups is 2. The summed E-state index contributed by atoms with van der Waals surface area (Å²) in [6.07, 6.45) is 7.70. The standard InChI is InChI=1S/C27H26N8O2/c1-3-6-21(36)34-15-5-4-7-20(34)25-32-22(23-24(28)29-14-16-35(23)25)18-8-10-19(11-9-18)26(37)33-27-30-13-12-17(2)31-27/h8-14,16,20H,4-5,7,15H2,1-2H3,(H2,28,29)(H,30,31,33,37). The van der Waals surface area contributed by atoms with E-state index in [-0.39, 0.29) is 23.8 Å². The number of piperidine rings is 1. The van der Waals surface area contributed by atoms with Crippen molar-refractivity contribution in [3.05, 3.63) is 66.0 Å². The van der Waals surface area contributed by atoms with Gasteiger partial charge in [0.2, 0.25) is 5.95 Å². The quantitative estimate of drug-likeness (QED) is 0.416. The molecule has 0 radical (unpaired) electrons. The highest BCUT2D eigenvalue weighted by molar-refractivity contribution is 6.03. The average molecular weight is 495 g/mol. The molecule has 1 saturated heterocycles. The fourth-order valence-electron chi connectivity index (χ4n) is 4.61. The first-order chi connectivity index (χ1) is 18.0. The van der Waals surface area contributed by atoms with E-state index in [4.69, 9.17) is 10.7 Å². The van der Waals surface area contributed by atoms with Crippen LogP contribution in [0.5, 0.6) is 0 Å². The van der Waals surface area contributed by atoms with Crippen LogP contribution in [0.25, 0.3) is 16.8 Å². The van der Waals surface area contributed by atoms with E-state index in [1.54, 1.807) is 42.4 Å². The molecule has 0 aliphatic carbocycles. The first-order valence-corrected chi connectivity index (χ1v) is 12.0. The Kier molecular flexibility index (Phi) is 6.51. The van der Waals surface area contributed by atoms with Crippen molar-refractivity contribution in [3.8, 4) is 23.1 Å². The SMILES string of the molecule is CC#CC(=O)N1CCCCC1c1nc(-c2ccc(C(=O)Nc3nccc(C)n3)cc2)c2c(N)nccn12. The molecular formula is C27H26N8O2. The summed E-state index contributed by atoms with van der Waals surface area (Å²) in [4.78, 5) is 44.8. The number of nitrogens with zero attached hydrogens (tertiary/aromatic N) is 6. The Morgan fingerprint density at radius 3 is 2.65 bits per heavy atom. The molecule has 4 aromatic rings. The number of nitrogens with one attached hydrogen (secondary N) is 1. The number of benzene rings is 1. The Balaban J connectivity index is 1.50. The third-order valence-corrected chi connectivity index (χ3v) is 6.34. The molecule has 1 unspecified atom stereocenters. The van der Waals surface area contributed by atoms with E-state index in [9.17, 15) is 9.59 Å². The second-order valence-corrected chi connectivity index (χ2v) is 8.79. The van der Waals surface area contributed by atoms with Crippen LogP contribution in [0.3, 0.4) is 0 Å². The number of anilines is 2. The molecule has 1 aliphatic heterocycles. The zero-order chi connectivity index (χ0) is 25.9. The van der Waals surface area contributed by atoms with E-state index in [0.29, 0.717) is 35.0 Å². The molecule has 5 rings (SSSR count). The van der Waals surface area contributed by atoms with Crippen LogP contribution in [0, 0.1) is 18.8 Å². The summed E-state index contributed by atoms with van der Waals surface area (Å²) < 4.78 is 1.91. The summed E-state index contributed by atoms with van der Waals surface area (Å²) in [6, 6.07) is 8.59. The highest BCUT2D eigenvalue weighted by atomic mass is 16.2. The van der Waals surface area contributed by atoms with Gasteiger partial charge in [0.25, 0.3) is 11.8 Å². The lowest BCUT2D eigenvalue weighted by Crippen LogP contribution is -2.38. The summed E-state index contributed by atoms with van der Waals surface area (Å²) in [5.74, 6) is 6.14. The molecule has 1 atom stereocenters. The van der Waals surface area contributed by atoms with Crippen molar-refractivity contribution in [2.45, 2.75) is 39.2 Å². The number of hydrogen-bond donors (Lipinski definition) is 2. The highest BCUT2D eigenvalue weighted by Gasteiger charge is 2.32. The number of amides is 2. The van der Waals surface area contributed by atoms with Crippen LogP contribution in [-0.4, -0.2) is 47.6 Å². The lowest BCUT2D eigenvalue weighted by molar-refractivity contribution is -0.129. The summed E-state index contributed by atoms with van der Waals surface area (Å²) in [6.45, 7) is 4.11. The van der Waals surface area contributed by atoms with Gasteiger partial charge in [0, 0.05) is 42.0 Å². The maximum atomic E-state index is 12.7. The number of fused-ring (bicyclic) bond motifs is 1. The number of rotatable bonds is 4. The van der Waals surface area contributed by atoms with E-state index in [1.807, 2.05) is 29.7 Å². The fraction of sp³-hybridized carbons (Fsp3) is 0.259. The van der Waals surface area contributed by atoms with Crippen molar-refractivity contribution < 1.29 is 9.59 Å². The summed E-state index contributed by atoms with van der Waals surface area (Å²) >= 11 is 0. The molecule has 10 nitrogen and oxygen atoms in total. The molecule has 1 fully saturated rings. The molecular weight excluding hydrogens is 468 g/mol. The predicted octanol–water partition coefficient (Wildman–Crippen LogP) is 3.41. The molecule has 3 N–H and O–H groups in total. The molecule has 4 heterocycles. The highest BCUT2D eigenvalue weighted by Crippen LogP contribution is 2.35. The molecule has 2 amide bonds. The van der Waals surface area contributed by atoms with Crippen LogP contribution in [0.2, 0.25) is 0 Å². The number of aromatic nitrogens is 5. The van der Waals surface area contributed by atoms with Crippen molar-refractivity contribution in [2.75, 3.05) is 17.6 Å². The number of carbonyl (C=O) groups excluding carboxylic acids is 2. The second kappa shape index (κ2) is 10.1. The van der Waals surface area contributed by atoms with Gasteiger partial charge in [-0.3, -0.25) is 19.3 Å². The third-order valence-electron chi connectivity index (χ3n) is 6.34. The minimum Gasteiger partial charge on any atom is -0.382 e. The fourth-order valence-corrected chi connectivity index (χ4v) is 4.61. The molecule has 1 aromatic carbocycles. The average Bonchev–Trinajstić information content (AvgIpc) is 3.30. The van der Waals surface area contributed by atoms with Crippen molar-refractivity contribution in [2.24, 2.45) is 0 Å². The molecule has 37 heavy (non-hydrogen) atoms. The second-order valence-electron chi connectivity index (χ2n) is 8.79. The maximum absolute atomic E-state index is 12.7. The minimum atomic E-state index is -0.317. The Morgan fingerprint density at radius 1 is 1.08 bits per heavy atom. The van der Waals surface area contributed by atoms with Gasteiger partial charge in [-0.15, -0.1) is 0 Å². The number of imidazole rings is 1. The molecule has 1 aliphatic rings. The number of likely N-dealkylation sites (tertiary alicyclic amines) is 1. The molecule has 186 valence electrons. The van der Waals surface area contributed by atoms with Crippen molar-refractivity contribution in [3.63, 3.8) is 0 Å². The van der Waals surface area contributed by atoms with Crippen LogP contribution in [0.15, 0.2) is 48.9 Å². The van der Waals surface area contributed by atoms with E-state index in [2.05, 4.69) is 32.1 Å². The maximum Gasteiger partial charge on any atom is 0.299 e. The van der Waals surface area contributed by atoms with E-state index in [1.165, 1.54) is 0 Å². The number of aryl methyl sites for hydroxylation is 1. The van der Waals surface area contributed by atoms with Gasteiger partial charge in [-0.1, -0.05) is 18.1 Å². The monoisotopic (exact) mass is 494 g/mol. The number of nitrogens with two attached hydrogens (primary N) is 1. The van der Waals surface area contributed by atoms with Crippen LogP contribution in [-0.2, 0) is 4.79 Å². The van der Waals surface area contributed by atoms with Gasteiger partial charge < -0.3 is 10.6 Å². The lowest BCUT2D eigenvalue weighted by atomic mass is 10.0. The van der Waals surface area contributed by atoms with Crippen LogP contribution in [0.4, 0.5) is 11.8 Å². The van der Waals surface area contributed by atoms with Crippen molar-refractivity contribution in [1.82, 2.24) is 29.2 Å². The first kappa shape index (κ1) is 23.9. The zero-order valence-electron chi connectivity index (χ0n) is 20.6. The summed E-state index contributed by atoms with van der Waals surface area (Å²) in [5, 5.41) is 2.71. The zero-order valence-corrected chi connectivity index (χ0v) is 20.6. The van der Waals surface area contributed by atoms with Crippen LogP contribution < -0.4 is 11.1 Å². The number of nitrogen functional groups attached to an aromatic ring is 1. The van der Waals surface area contributed by atoms with E-state index >= 15 is 0 Å². The molecule has 0 spiro atoms. The van der Waals surface area contributed by atoms with Gasteiger partial charge in [0.05, 0.1) is 6.04 Å². The summed E-state index contributed by atoms with van der Waals surface area (Å²) in [5.41, 5.74) is 9.57. The van der Waals surface area contributed by atoms with Crippen molar-refractivity contribution in [1.29, 1.82) is 0 Å². The molecule has 3 aromatic heterocycles. The lowest BCUT2D eigenvalue weighted by Gasteiger charge is -2.33. The summed E-state index contributed by atoms with van der Waals surface area (Å²) in [7, 11) is 0. The molecule has 0 saturated carbocycles. The third kappa shape index (κ3) is 4.71. The largest absolute Gasteiger partial charge is 0.382 e. The first-order valence-electron chi connectivity index (χ1n) is 12.0. The smallest absolute Gasteiger partial charge is 0.299 e. The van der Waals surface area contributed by atoms with E-state index < -0.39 is 0 Å². The van der Waals surface area contributed by atoms with Crippen molar-refractivity contribution >= 4 is 29.1 Å². The topological polar surface area (TPSA) is 131 Å². The molecule has 0 bridgehead atoms. The van der Waals surface area contributed by atoms with Gasteiger partial charge in [-0.05, 0) is 57.2 Å². The molecule has 10 heteroatoms. The normalized spacial score (nSPS) is 15.2. The van der Waals surface area contributed by atoms with Crippen LogP contribution >= 0.6 is 0 Å². The minimum absolute atomic E-state index is 0.208. The van der Waals surface area contributed by atoms with Gasteiger partial charge >= 0.3 is 0 Å². The Hall–Kier alpha value is -4.78. The van der Waals surface area contributed by atoms with Gasteiger partial charge in [-0.2, -0.15) is 0 Å². The number of hydrogen-bond acceptors (Lipinski definition) is 7. The van der Waals surface area contributed by atoms with Crippen LogP contribution in [0.1, 0.15) is 54.1 Å². The van der Waals surface area contributed by atoms with Gasteiger partial charge in [0.15, 0.2) is 0 Å². The predicted molar refractivity (Wildman–Crippen MR) is 139 cm³/mol. The van der Waals surface area contributed by atoms with Gasteiger partial charge in [0.1, 0.15) is 22.9 Å².